The molecule has 1 atom stereocenters. The molecule has 1 amide bonds. The minimum absolute atomic E-state index is 0.240. The molecule has 10 nitrogen and oxygen atoms in total. The lowest BCUT2D eigenvalue weighted by molar-refractivity contribution is -0.146. The van der Waals surface area contributed by atoms with E-state index in [0.717, 1.165) is 18.4 Å². The second kappa shape index (κ2) is 11.4. The van der Waals surface area contributed by atoms with Crippen molar-refractivity contribution in [1.29, 1.82) is 0 Å². The molecule has 0 aliphatic heterocycles. The summed E-state index contributed by atoms with van der Waals surface area (Å²) in [6.45, 7) is 10.3. The first-order valence-electron chi connectivity index (χ1n) is 10.5. The number of hydrogen-bond donors (Lipinski definition) is 2. The van der Waals surface area contributed by atoms with Crippen LogP contribution >= 0.6 is 0 Å². The Morgan fingerprint density at radius 1 is 1.19 bits per heavy atom. The van der Waals surface area contributed by atoms with Crippen molar-refractivity contribution in [3.05, 3.63) is 35.7 Å². The summed E-state index contributed by atoms with van der Waals surface area (Å²) in [5.41, 5.74) is 0.745. The van der Waals surface area contributed by atoms with Crippen LogP contribution in [0.5, 0.6) is 0 Å². The molecular weight excluding hydrogens is 400 g/mol. The van der Waals surface area contributed by atoms with Crippen molar-refractivity contribution in [2.45, 2.75) is 72.2 Å². The predicted molar refractivity (Wildman–Crippen MR) is 115 cm³/mol. The Morgan fingerprint density at radius 2 is 1.94 bits per heavy atom. The van der Waals surface area contributed by atoms with E-state index in [9.17, 15) is 9.59 Å². The van der Waals surface area contributed by atoms with Gasteiger partial charge in [-0.1, -0.05) is 31.5 Å². The van der Waals surface area contributed by atoms with Gasteiger partial charge in [0.25, 0.3) is 0 Å². The molecule has 0 fully saturated rings. The van der Waals surface area contributed by atoms with Gasteiger partial charge in [0.1, 0.15) is 5.60 Å². The van der Waals surface area contributed by atoms with Crippen LogP contribution < -0.4 is 10.6 Å². The largest absolute Gasteiger partial charge is 0.464 e. The van der Waals surface area contributed by atoms with Gasteiger partial charge in [0.2, 0.25) is 0 Å². The van der Waals surface area contributed by atoms with Crippen molar-refractivity contribution < 1.29 is 19.1 Å². The minimum Gasteiger partial charge on any atom is -0.464 e. The summed E-state index contributed by atoms with van der Waals surface area (Å²) in [6, 6.07) is 6.43. The number of unbranched alkanes of at least 4 members (excludes halogenated alkanes) is 1. The Balaban J connectivity index is 2.18. The van der Waals surface area contributed by atoms with Crippen LogP contribution in [-0.4, -0.2) is 44.5 Å². The lowest BCUT2D eigenvalue weighted by Gasteiger charge is -2.21. The van der Waals surface area contributed by atoms with E-state index in [0.29, 0.717) is 18.1 Å². The maximum absolute atomic E-state index is 12.6. The van der Waals surface area contributed by atoms with Crippen molar-refractivity contribution in [2.24, 2.45) is 0 Å². The Labute approximate surface area is 182 Å². The number of carbonyl (C=O) groups is 2. The van der Waals surface area contributed by atoms with Gasteiger partial charge in [-0.2, -0.15) is 0 Å². The highest BCUT2D eigenvalue weighted by molar-refractivity contribution is 5.86. The molecule has 1 unspecified atom stereocenters. The molecule has 0 radical (unpaired) electrons. The Hall–Kier alpha value is -3.01. The number of ether oxygens (including phenoxy) is 2. The molecule has 10 heteroatoms. The molecule has 0 aliphatic carbocycles. The van der Waals surface area contributed by atoms with Crippen LogP contribution in [0.4, 0.5) is 10.5 Å². The monoisotopic (exact) mass is 432 g/mol. The number of hydrogen-bond acceptors (Lipinski definition) is 8. The number of aromatic nitrogens is 4. The van der Waals surface area contributed by atoms with Crippen molar-refractivity contribution >= 4 is 17.7 Å². The Morgan fingerprint density at radius 3 is 2.61 bits per heavy atom. The van der Waals surface area contributed by atoms with E-state index in [1.807, 2.05) is 18.2 Å². The van der Waals surface area contributed by atoms with Gasteiger partial charge in [0.05, 0.1) is 6.61 Å². The maximum atomic E-state index is 12.6. The highest BCUT2D eigenvalue weighted by atomic mass is 16.6. The zero-order valence-electron chi connectivity index (χ0n) is 18.8. The number of esters is 1. The third-order valence-corrected chi connectivity index (χ3v) is 4.21. The fraction of sp³-hybridized carbons (Fsp3) is 0.571. The molecule has 0 aliphatic rings. The van der Waals surface area contributed by atoms with Gasteiger partial charge in [-0.3, -0.25) is 10.6 Å². The number of aryl methyl sites for hydroxylation is 1. The Kier molecular flexibility index (Phi) is 8.92. The second-order valence-electron chi connectivity index (χ2n) is 7.96. The van der Waals surface area contributed by atoms with E-state index in [1.54, 1.807) is 38.4 Å². The van der Waals surface area contributed by atoms with Crippen molar-refractivity contribution in [2.75, 3.05) is 11.9 Å². The zero-order valence-corrected chi connectivity index (χ0v) is 18.8. The van der Waals surface area contributed by atoms with Gasteiger partial charge < -0.3 is 9.47 Å². The number of para-hydroxylation sites is 1. The lowest BCUT2D eigenvalue weighted by atomic mass is 10.1. The number of anilines is 1. The molecule has 2 rings (SSSR count). The second-order valence-corrected chi connectivity index (χ2v) is 7.96. The van der Waals surface area contributed by atoms with Crippen LogP contribution in [0.15, 0.2) is 24.3 Å². The predicted octanol–water partition coefficient (Wildman–Crippen LogP) is 3.21. The molecule has 2 aromatic rings. The fourth-order valence-electron chi connectivity index (χ4n) is 2.81. The fourth-order valence-corrected chi connectivity index (χ4v) is 2.81. The third-order valence-electron chi connectivity index (χ3n) is 4.21. The minimum atomic E-state index is -0.846. The van der Waals surface area contributed by atoms with Gasteiger partial charge in [-0.05, 0) is 56.2 Å². The summed E-state index contributed by atoms with van der Waals surface area (Å²) in [5, 5.41) is 17.7. The van der Waals surface area contributed by atoms with Gasteiger partial charge >= 0.3 is 12.1 Å². The molecule has 2 N–H and O–H groups in total. The first-order valence-corrected chi connectivity index (χ1v) is 10.5. The van der Waals surface area contributed by atoms with Gasteiger partial charge in [0, 0.05) is 18.8 Å². The number of carbonyl (C=O) groups excluding carboxylic acids is 2. The van der Waals surface area contributed by atoms with Crippen molar-refractivity contribution in [1.82, 2.24) is 25.5 Å². The number of rotatable bonds is 10. The molecule has 0 bridgehead atoms. The van der Waals surface area contributed by atoms with E-state index >= 15 is 0 Å². The Bertz CT molecular complexity index is 862. The van der Waals surface area contributed by atoms with Crippen LogP contribution in [0, 0.1) is 0 Å². The molecule has 0 saturated carbocycles. The molecule has 1 heterocycles. The summed E-state index contributed by atoms with van der Waals surface area (Å²) in [5.74, 6) is -0.0721. The molecule has 1 aromatic heterocycles. The van der Waals surface area contributed by atoms with Crippen LogP contribution in [0.2, 0.25) is 0 Å². The van der Waals surface area contributed by atoms with Crippen LogP contribution in [-0.2, 0) is 27.4 Å². The summed E-state index contributed by atoms with van der Waals surface area (Å²) in [7, 11) is 0. The highest BCUT2D eigenvalue weighted by Crippen LogP contribution is 2.19. The third kappa shape index (κ3) is 7.63. The van der Waals surface area contributed by atoms with Crippen molar-refractivity contribution in [3.63, 3.8) is 0 Å². The number of tetrazole rings is 1. The smallest absolute Gasteiger partial charge is 0.412 e. The first kappa shape index (κ1) is 24.3. The quantitative estimate of drug-likeness (QED) is 0.549. The number of benzene rings is 1. The number of nitrogens with one attached hydrogen (secondary N) is 2. The standard InChI is InChI=1S/C21H32N6O4/c1-6-8-13-27-18(24-25-26-27)17(19(28)30-7-2)22-14-15-11-9-10-12-16(15)23-20(29)31-21(3,4)5/h9-12,17,22H,6-8,13-14H2,1-5H3,(H,23,29). The van der Waals surface area contributed by atoms with Crippen molar-refractivity contribution in [3.8, 4) is 0 Å². The topological polar surface area (TPSA) is 120 Å². The van der Waals surface area contributed by atoms with E-state index in [4.69, 9.17) is 9.47 Å². The molecular formula is C21H32N6O4. The molecule has 0 saturated heterocycles. The van der Waals surface area contributed by atoms with Crippen LogP contribution in [0.3, 0.4) is 0 Å². The SMILES string of the molecule is CCCCn1nnnc1C(NCc1ccccc1NC(=O)OC(C)(C)C)C(=O)OCC. The number of nitrogens with zero attached hydrogens (tertiary/aromatic N) is 4. The van der Waals surface area contributed by atoms with E-state index in [-0.39, 0.29) is 13.2 Å². The normalized spacial score (nSPS) is 12.3. The van der Waals surface area contributed by atoms with Crippen LogP contribution in [0.1, 0.15) is 64.9 Å². The zero-order chi connectivity index (χ0) is 22.9. The summed E-state index contributed by atoms with van der Waals surface area (Å²) >= 11 is 0. The molecule has 0 spiro atoms. The van der Waals surface area contributed by atoms with E-state index < -0.39 is 23.7 Å². The lowest BCUT2D eigenvalue weighted by Crippen LogP contribution is -2.33. The maximum Gasteiger partial charge on any atom is 0.412 e. The summed E-state index contributed by atoms with van der Waals surface area (Å²) in [6.07, 6.45) is 1.31. The van der Waals surface area contributed by atoms with Gasteiger partial charge in [0.15, 0.2) is 11.9 Å². The van der Waals surface area contributed by atoms with E-state index in [2.05, 4.69) is 33.1 Å². The van der Waals surface area contributed by atoms with Gasteiger partial charge in [-0.15, -0.1) is 5.10 Å². The summed E-state index contributed by atoms with van der Waals surface area (Å²) < 4.78 is 12.2. The number of amides is 1. The molecule has 1 aromatic carbocycles. The molecule has 170 valence electrons. The average molecular weight is 433 g/mol. The van der Waals surface area contributed by atoms with E-state index in [1.165, 1.54) is 0 Å². The first-order chi connectivity index (χ1) is 14.7. The van der Waals surface area contributed by atoms with Crippen LogP contribution in [0.25, 0.3) is 0 Å². The highest BCUT2D eigenvalue weighted by Gasteiger charge is 2.28. The average Bonchev–Trinajstić information content (AvgIpc) is 3.14. The summed E-state index contributed by atoms with van der Waals surface area (Å²) in [4.78, 5) is 24.8. The van der Waals surface area contributed by atoms with Gasteiger partial charge in [-0.25, -0.2) is 14.3 Å². The molecule has 31 heavy (non-hydrogen) atoms.